The lowest BCUT2D eigenvalue weighted by atomic mass is 10.1. The monoisotopic (exact) mass is 413 g/mol. The van der Waals surface area contributed by atoms with Crippen LogP contribution in [0.4, 0.5) is 4.39 Å². The van der Waals surface area contributed by atoms with Gasteiger partial charge in [0, 0.05) is 17.5 Å². The molecule has 0 unspecified atom stereocenters. The summed E-state index contributed by atoms with van der Waals surface area (Å²) in [6.07, 6.45) is 2.53. The average Bonchev–Trinajstić information content (AvgIpc) is 3.15. The maximum absolute atomic E-state index is 13.7. The summed E-state index contributed by atoms with van der Waals surface area (Å²) in [5, 5.41) is 7.69. The maximum atomic E-state index is 13.7. The molecule has 1 N–H and O–H groups in total. The summed E-state index contributed by atoms with van der Waals surface area (Å²) < 4.78 is 15.3. The highest BCUT2D eigenvalue weighted by Gasteiger charge is 2.18. The molecule has 0 saturated carbocycles. The van der Waals surface area contributed by atoms with Gasteiger partial charge in [-0.25, -0.2) is 9.07 Å². The van der Waals surface area contributed by atoms with Gasteiger partial charge < -0.3 is 15.0 Å². The fraction of sp³-hybridized carbons (Fsp3) is 0.190. The van der Waals surface area contributed by atoms with Gasteiger partial charge in [0.25, 0.3) is 0 Å². The molecule has 150 valence electrons. The summed E-state index contributed by atoms with van der Waals surface area (Å²) in [5.41, 5.74) is 4.29. The van der Waals surface area contributed by atoms with Crippen molar-refractivity contribution in [1.82, 2.24) is 25.0 Å². The fourth-order valence-electron chi connectivity index (χ4n) is 2.96. The van der Waals surface area contributed by atoms with Gasteiger partial charge in [-0.15, -0.1) is 0 Å². The molecule has 8 heteroatoms. The minimum Gasteiger partial charge on any atom is -0.350 e. The van der Waals surface area contributed by atoms with Gasteiger partial charge in [-0.05, 0) is 50.4 Å². The van der Waals surface area contributed by atoms with Crippen molar-refractivity contribution in [2.45, 2.75) is 6.92 Å². The second-order valence-corrected chi connectivity index (χ2v) is 6.87. The number of carbonyl (C=O) groups excluding carboxylic acids is 1. The molecule has 1 aromatic carbocycles. The molecule has 0 spiro atoms. The van der Waals surface area contributed by atoms with Crippen LogP contribution in [0.5, 0.6) is 0 Å². The van der Waals surface area contributed by atoms with Gasteiger partial charge in [0.2, 0.25) is 0 Å². The molecule has 0 fully saturated rings. The van der Waals surface area contributed by atoms with E-state index in [0.717, 1.165) is 23.2 Å². The van der Waals surface area contributed by atoms with Gasteiger partial charge in [-0.2, -0.15) is 5.10 Å². The van der Waals surface area contributed by atoms with Crippen molar-refractivity contribution in [3.8, 4) is 16.9 Å². The first-order valence-corrected chi connectivity index (χ1v) is 9.33. The molecule has 3 aromatic rings. The number of rotatable bonds is 8. The molecule has 0 aliphatic carbocycles. The smallest absolute Gasteiger partial charge is 0.141 e. The van der Waals surface area contributed by atoms with E-state index >= 15 is 0 Å². The number of nitrogens with zero attached hydrogens (tertiary/aromatic N) is 4. The lowest BCUT2D eigenvalue weighted by Crippen LogP contribution is -2.32. The Hall–Kier alpha value is -3.03. The van der Waals surface area contributed by atoms with Crippen molar-refractivity contribution in [3.05, 3.63) is 71.4 Å². The zero-order valence-electron chi connectivity index (χ0n) is 16.2. The maximum Gasteiger partial charge on any atom is 0.141 e. The van der Waals surface area contributed by atoms with Gasteiger partial charge >= 0.3 is 0 Å². The number of pyridine rings is 1. The van der Waals surface area contributed by atoms with E-state index in [1.54, 1.807) is 28.9 Å². The molecule has 2 heterocycles. The van der Waals surface area contributed by atoms with E-state index in [1.807, 2.05) is 25.1 Å². The Bertz CT molecular complexity index is 1050. The van der Waals surface area contributed by atoms with Crippen molar-refractivity contribution in [2.75, 3.05) is 20.3 Å². The Morgan fingerprint density at radius 2 is 2.14 bits per heavy atom. The molecule has 2 aromatic heterocycles. The molecule has 0 bridgehead atoms. The summed E-state index contributed by atoms with van der Waals surface area (Å²) in [6.45, 7) is 6.63. The molecule has 0 saturated heterocycles. The highest BCUT2D eigenvalue weighted by molar-refractivity contribution is 6.30. The molecule has 0 radical (unpaired) electrons. The normalized spacial score (nSPS) is 10.8. The predicted octanol–water partition coefficient (Wildman–Crippen LogP) is 3.68. The van der Waals surface area contributed by atoms with Crippen LogP contribution in [0.15, 0.2) is 49.2 Å². The van der Waals surface area contributed by atoms with Gasteiger partial charge in [-0.3, -0.25) is 4.98 Å². The topological polar surface area (TPSA) is 63.1 Å². The molecule has 0 atom stereocenters. The second kappa shape index (κ2) is 8.98. The average molecular weight is 414 g/mol. The molecular formula is C21H21ClFN5O. The number of carbonyl (C=O) groups is 1. The van der Waals surface area contributed by atoms with Crippen molar-refractivity contribution >= 4 is 23.6 Å². The minimum absolute atomic E-state index is 0.00741. The summed E-state index contributed by atoms with van der Waals surface area (Å²) in [7, 11) is 1.79. The van der Waals surface area contributed by atoms with E-state index in [1.165, 1.54) is 12.1 Å². The lowest BCUT2D eigenvalue weighted by Gasteiger charge is -2.22. The van der Waals surface area contributed by atoms with Crippen molar-refractivity contribution < 1.29 is 9.18 Å². The Labute approximate surface area is 173 Å². The van der Waals surface area contributed by atoms with Gasteiger partial charge in [0.05, 0.1) is 35.3 Å². The van der Waals surface area contributed by atoms with Crippen LogP contribution in [-0.4, -0.2) is 46.2 Å². The molecule has 29 heavy (non-hydrogen) atoms. The molecule has 0 aliphatic rings. The standard InChI is InChI=1S/C21H21ClFN5O/c1-14-10-16(6-7-25-14)21-12-20(15(2)27(8-9-29)13-24-3)26-28(21)17-4-5-19(23)18(22)11-17/h4-7,9-12,24H,2,8,13H2,1,3H3. The molecule has 0 amide bonds. The number of halogens is 2. The highest BCUT2D eigenvalue weighted by Crippen LogP contribution is 2.29. The van der Waals surface area contributed by atoms with E-state index in [9.17, 15) is 9.18 Å². The van der Waals surface area contributed by atoms with E-state index < -0.39 is 5.82 Å². The zero-order chi connectivity index (χ0) is 21.0. The Morgan fingerprint density at radius 3 is 2.79 bits per heavy atom. The quantitative estimate of drug-likeness (QED) is 0.451. The summed E-state index contributed by atoms with van der Waals surface area (Å²) in [4.78, 5) is 17.1. The lowest BCUT2D eigenvalue weighted by molar-refractivity contribution is -0.108. The molecular weight excluding hydrogens is 393 g/mol. The van der Waals surface area contributed by atoms with Crippen LogP contribution in [0.3, 0.4) is 0 Å². The van der Waals surface area contributed by atoms with Crippen molar-refractivity contribution in [3.63, 3.8) is 0 Å². The number of nitrogens with one attached hydrogen (secondary N) is 1. The van der Waals surface area contributed by atoms with E-state index in [-0.39, 0.29) is 11.6 Å². The summed E-state index contributed by atoms with van der Waals surface area (Å²) in [5.74, 6) is -0.500. The first kappa shape index (κ1) is 20.7. The third-order valence-electron chi connectivity index (χ3n) is 4.37. The van der Waals surface area contributed by atoms with Gasteiger partial charge in [0.1, 0.15) is 17.8 Å². The zero-order valence-corrected chi connectivity index (χ0v) is 16.9. The first-order valence-electron chi connectivity index (χ1n) is 8.95. The van der Waals surface area contributed by atoms with Crippen LogP contribution in [0.25, 0.3) is 22.6 Å². The fourth-order valence-corrected chi connectivity index (χ4v) is 3.13. The number of aromatic nitrogens is 3. The Kier molecular flexibility index (Phi) is 6.41. The number of aldehydes is 1. The van der Waals surface area contributed by atoms with E-state index in [2.05, 4.69) is 22.0 Å². The van der Waals surface area contributed by atoms with E-state index in [4.69, 9.17) is 11.6 Å². The SMILES string of the molecule is C=C(c1cc(-c2ccnc(C)c2)n(-c2ccc(F)c(Cl)c2)n1)N(CC=O)CNC. The molecule has 3 rings (SSSR count). The van der Waals surface area contributed by atoms with Crippen LogP contribution >= 0.6 is 11.6 Å². The van der Waals surface area contributed by atoms with Crippen LogP contribution in [0.2, 0.25) is 5.02 Å². The Morgan fingerprint density at radius 1 is 1.34 bits per heavy atom. The largest absolute Gasteiger partial charge is 0.350 e. The van der Waals surface area contributed by atoms with Gasteiger partial charge in [0.15, 0.2) is 0 Å². The van der Waals surface area contributed by atoms with Crippen molar-refractivity contribution in [1.29, 1.82) is 0 Å². The highest BCUT2D eigenvalue weighted by atomic mass is 35.5. The predicted molar refractivity (Wildman–Crippen MR) is 112 cm³/mol. The summed E-state index contributed by atoms with van der Waals surface area (Å²) >= 11 is 5.99. The molecule has 0 aliphatic heterocycles. The third kappa shape index (κ3) is 4.52. The van der Waals surface area contributed by atoms with E-state index in [0.29, 0.717) is 23.7 Å². The number of benzene rings is 1. The van der Waals surface area contributed by atoms with Gasteiger partial charge in [-0.1, -0.05) is 18.2 Å². The molecule has 6 nitrogen and oxygen atoms in total. The van der Waals surface area contributed by atoms with Crippen molar-refractivity contribution in [2.24, 2.45) is 0 Å². The van der Waals surface area contributed by atoms with Crippen LogP contribution < -0.4 is 5.32 Å². The third-order valence-corrected chi connectivity index (χ3v) is 4.66. The first-order chi connectivity index (χ1) is 13.9. The second-order valence-electron chi connectivity index (χ2n) is 6.46. The Balaban J connectivity index is 2.14. The van der Waals surface area contributed by atoms with Crippen LogP contribution in [0.1, 0.15) is 11.4 Å². The summed E-state index contributed by atoms with van der Waals surface area (Å²) in [6, 6.07) is 10.1. The van der Waals surface area contributed by atoms with Crippen LogP contribution in [-0.2, 0) is 4.79 Å². The number of aryl methyl sites for hydroxylation is 1. The van der Waals surface area contributed by atoms with Crippen LogP contribution in [0, 0.1) is 12.7 Å². The number of hydrogen-bond acceptors (Lipinski definition) is 5. The minimum atomic E-state index is -0.500. The number of hydrogen-bond donors (Lipinski definition) is 1.